The SMILES string of the molecule is Cc1cc(C(=O)O)nc(NCC2CCCN2C)n1. The number of anilines is 1. The number of likely N-dealkylation sites (N-methyl/N-ethyl adjacent to an activating group) is 1. The Morgan fingerprint density at radius 2 is 2.39 bits per heavy atom. The van der Waals surface area contributed by atoms with Gasteiger partial charge >= 0.3 is 5.97 Å². The first kappa shape index (κ1) is 12.8. The van der Waals surface area contributed by atoms with Gasteiger partial charge in [-0.2, -0.15) is 0 Å². The van der Waals surface area contributed by atoms with Gasteiger partial charge in [0, 0.05) is 18.3 Å². The van der Waals surface area contributed by atoms with E-state index in [1.807, 2.05) is 0 Å². The van der Waals surface area contributed by atoms with E-state index in [2.05, 4.69) is 27.2 Å². The Morgan fingerprint density at radius 1 is 1.61 bits per heavy atom. The summed E-state index contributed by atoms with van der Waals surface area (Å²) in [5.41, 5.74) is 0.689. The van der Waals surface area contributed by atoms with Crippen molar-refractivity contribution in [1.29, 1.82) is 0 Å². The van der Waals surface area contributed by atoms with Gasteiger partial charge in [0.25, 0.3) is 0 Å². The van der Waals surface area contributed by atoms with Crippen molar-refractivity contribution in [3.05, 3.63) is 17.5 Å². The fraction of sp³-hybridized carbons (Fsp3) is 0.583. The number of carboxylic acid groups (broad SMARTS) is 1. The standard InChI is InChI=1S/C12H18N4O2/c1-8-6-10(11(17)18)15-12(14-8)13-7-9-4-3-5-16(9)2/h6,9H,3-5,7H2,1-2H3,(H,17,18)(H,13,14,15). The smallest absolute Gasteiger partial charge is 0.354 e. The fourth-order valence-electron chi connectivity index (χ4n) is 2.20. The van der Waals surface area contributed by atoms with Gasteiger partial charge in [0.2, 0.25) is 5.95 Å². The maximum absolute atomic E-state index is 10.9. The van der Waals surface area contributed by atoms with Crippen LogP contribution in [-0.2, 0) is 0 Å². The molecule has 1 saturated heterocycles. The summed E-state index contributed by atoms with van der Waals surface area (Å²) in [5, 5.41) is 12.1. The number of likely N-dealkylation sites (tertiary alicyclic amines) is 1. The number of aryl methyl sites for hydroxylation is 1. The Morgan fingerprint density at radius 3 is 3.00 bits per heavy atom. The van der Waals surface area contributed by atoms with Crippen LogP contribution in [-0.4, -0.2) is 52.1 Å². The molecule has 1 aliphatic heterocycles. The van der Waals surface area contributed by atoms with Gasteiger partial charge in [-0.25, -0.2) is 14.8 Å². The van der Waals surface area contributed by atoms with Gasteiger partial charge in [-0.3, -0.25) is 0 Å². The fourth-order valence-corrected chi connectivity index (χ4v) is 2.20. The van der Waals surface area contributed by atoms with Crippen molar-refractivity contribution in [2.45, 2.75) is 25.8 Å². The summed E-state index contributed by atoms with van der Waals surface area (Å²) < 4.78 is 0. The molecule has 1 aliphatic rings. The van der Waals surface area contributed by atoms with E-state index in [4.69, 9.17) is 5.11 Å². The van der Waals surface area contributed by atoms with Crippen molar-refractivity contribution in [2.24, 2.45) is 0 Å². The maximum atomic E-state index is 10.9. The molecule has 1 aromatic heterocycles. The lowest BCUT2D eigenvalue weighted by molar-refractivity contribution is 0.0690. The molecule has 0 bridgehead atoms. The van der Waals surface area contributed by atoms with Crippen molar-refractivity contribution in [3.63, 3.8) is 0 Å². The van der Waals surface area contributed by atoms with Gasteiger partial charge in [-0.05, 0) is 39.4 Å². The minimum absolute atomic E-state index is 0.0322. The summed E-state index contributed by atoms with van der Waals surface area (Å²) in [7, 11) is 2.10. The molecule has 1 fully saturated rings. The largest absolute Gasteiger partial charge is 0.477 e. The second-order valence-electron chi connectivity index (χ2n) is 4.68. The van der Waals surface area contributed by atoms with Crippen molar-refractivity contribution in [2.75, 3.05) is 25.5 Å². The molecule has 6 heteroatoms. The summed E-state index contributed by atoms with van der Waals surface area (Å²) in [5.74, 6) is -0.630. The number of carbonyl (C=O) groups is 1. The Balaban J connectivity index is 2.02. The number of aromatic nitrogens is 2. The van der Waals surface area contributed by atoms with E-state index in [0.717, 1.165) is 19.5 Å². The Hall–Kier alpha value is -1.69. The molecule has 1 atom stereocenters. The molecule has 0 saturated carbocycles. The van der Waals surface area contributed by atoms with Gasteiger partial charge in [0.1, 0.15) is 0 Å². The highest BCUT2D eigenvalue weighted by Gasteiger charge is 2.20. The minimum atomic E-state index is -1.03. The average molecular weight is 250 g/mol. The quantitative estimate of drug-likeness (QED) is 0.829. The monoisotopic (exact) mass is 250 g/mol. The van der Waals surface area contributed by atoms with Gasteiger partial charge in [0.05, 0.1) is 0 Å². The predicted octanol–water partition coefficient (Wildman–Crippen LogP) is 0.989. The second-order valence-corrected chi connectivity index (χ2v) is 4.68. The first-order chi connectivity index (χ1) is 8.56. The van der Waals surface area contributed by atoms with Crippen molar-refractivity contribution >= 4 is 11.9 Å². The van der Waals surface area contributed by atoms with Crippen LogP contribution in [0, 0.1) is 6.92 Å². The average Bonchev–Trinajstić information content (AvgIpc) is 2.71. The molecule has 0 amide bonds. The Bertz CT molecular complexity index is 450. The highest BCUT2D eigenvalue weighted by molar-refractivity contribution is 5.85. The van der Waals surface area contributed by atoms with Crippen LogP contribution < -0.4 is 5.32 Å². The molecule has 2 heterocycles. The van der Waals surface area contributed by atoms with E-state index in [9.17, 15) is 4.79 Å². The van der Waals surface area contributed by atoms with Crippen LogP contribution in [0.1, 0.15) is 29.0 Å². The zero-order valence-electron chi connectivity index (χ0n) is 10.7. The second kappa shape index (κ2) is 5.30. The number of nitrogens with one attached hydrogen (secondary N) is 1. The molecule has 2 N–H and O–H groups in total. The summed E-state index contributed by atoms with van der Waals surface area (Å²) in [6, 6.07) is 1.94. The lowest BCUT2D eigenvalue weighted by Gasteiger charge is -2.19. The summed E-state index contributed by atoms with van der Waals surface area (Å²) in [6.07, 6.45) is 2.36. The highest BCUT2D eigenvalue weighted by atomic mass is 16.4. The topological polar surface area (TPSA) is 78.3 Å². The van der Waals surface area contributed by atoms with E-state index in [0.29, 0.717) is 17.7 Å². The third-order valence-electron chi connectivity index (χ3n) is 3.24. The molecule has 2 rings (SSSR count). The lowest BCUT2D eigenvalue weighted by Crippen LogP contribution is -2.32. The van der Waals surface area contributed by atoms with Crippen LogP contribution in [0.2, 0.25) is 0 Å². The van der Waals surface area contributed by atoms with Crippen LogP contribution in [0.25, 0.3) is 0 Å². The summed E-state index contributed by atoms with van der Waals surface area (Å²) in [4.78, 5) is 21.4. The zero-order chi connectivity index (χ0) is 13.1. The number of carboxylic acids is 1. The van der Waals surface area contributed by atoms with Crippen LogP contribution in [0.15, 0.2) is 6.07 Å². The van der Waals surface area contributed by atoms with Crippen molar-refractivity contribution < 1.29 is 9.90 Å². The molecular weight excluding hydrogens is 232 g/mol. The van der Waals surface area contributed by atoms with Crippen LogP contribution in [0.3, 0.4) is 0 Å². The Kier molecular flexibility index (Phi) is 3.76. The maximum Gasteiger partial charge on any atom is 0.354 e. The van der Waals surface area contributed by atoms with Crippen molar-refractivity contribution in [3.8, 4) is 0 Å². The van der Waals surface area contributed by atoms with E-state index in [-0.39, 0.29) is 5.69 Å². The van der Waals surface area contributed by atoms with Gasteiger partial charge in [0.15, 0.2) is 5.69 Å². The lowest BCUT2D eigenvalue weighted by atomic mass is 10.2. The molecule has 1 aromatic rings. The molecule has 0 aromatic carbocycles. The molecule has 6 nitrogen and oxygen atoms in total. The van der Waals surface area contributed by atoms with Gasteiger partial charge in [-0.1, -0.05) is 0 Å². The van der Waals surface area contributed by atoms with E-state index < -0.39 is 5.97 Å². The van der Waals surface area contributed by atoms with Crippen molar-refractivity contribution in [1.82, 2.24) is 14.9 Å². The highest BCUT2D eigenvalue weighted by Crippen LogP contribution is 2.15. The van der Waals surface area contributed by atoms with Crippen LogP contribution in [0.4, 0.5) is 5.95 Å². The first-order valence-corrected chi connectivity index (χ1v) is 6.09. The van der Waals surface area contributed by atoms with Crippen LogP contribution in [0.5, 0.6) is 0 Å². The van der Waals surface area contributed by atoms with Crippen LogP contribution >= 0.6 is 0 Å². The number of hydrogen-bond donors (Lipinski definition) is 2. The minimum Gasteiger partial charge on any atom is -0.477 e. The van der Waals surface area contributed by atoms with Gasteiger partial charge in [-0.15, -0.1) is 0 Å². The Labute approximate surface area is 106 Å². The van der Waals surface area contributed by atoms with Gasteiger partial charge < -0.3 is 15.3 Å². The molecular formula is C12H18N4O2. The molecule has 0 spiro atoms. The molecule has 0 aliphatic carbocycles. The summed E-state index contributed by atoms with van der Waals surface area (Å²) in [6.45, 7) is 3.63. The van der Waals surface area contributed by atoms with E-state index >= 15 is 0 Å². The van der Waals surface area contributed by atoms with E-state index in [1.165, 1.54) is 12.5 Å². The molecule has 98 valence electrons. The normalized spacial score (nSPS) is 20.0. The molecule has 18 heavy (non-hydrogen) atoms. The molecule has 1 unspecified atom stereocenters. The summed E-state index contributed by atoms with van der Waals surface area (Å²) >= 11 is 0. The third-order valence-corrected chi connectivity index (χ3v) is 3.24. The first-order valence-electron chi connectivity index (χ1n) is 6.09. The third kappa shape index (κ3) is 2.95. The molecule has 0 radical (unpaired) electrons. The number of nitrogens with zero attached hydrogens (tertiary/aromatic N) is 3. The predicted molar refractivity (Wildman–Crippen MR) is 67.9 cm³/mol. The zero-order valence-corrected chi connectivity index (χ0v) is 10.7. The van der Waals surface area contributed by atoms with E-state index in [1.54, 1.807) is 6.92 Å². The number of rotatable bonds is 4. The number of aromatic carboxylic acids is 1. The number of hydrogen-bond acceptors (Lipinski definition) is 5.